The smallest absolute Gasteiger partial charge is 0.341 e. The Morgan fingerprint density at radius 2 is 1.15 bits per heavy atom. The Labute approximate surface area is 250 Å². The molecule has 0 spiro atoms. The second-order valence-corrected chi connectivity index (χ2v) is 13.4. The van der Waals surface area contributed by atoms with Gasteiger partial charge >= 0.3 is 5.97 Å². The summed E-state index contributed by atoms with van der Waals surface area (Å²) in [5.41, 5.74) is -0.534. The number of nitrogens with zero attached hydrogens (tertiary/aromatic N) is 1. The fraction of sp³-hybridized carbons (Fsp3) is 0.0385. The number of methoxy groups -OCH3 is 1. The van der Waals surface area contributed by atoms with E-state index >= 15 is 0 Å². The Morgan fingerprint density at radius 1 is 0.675 bits per heavy atom. The number of anilines is 1. The summed E-state index contributed by atoms with van der Waals surface area (Å²) in [6.45, 7) is 0. The standard InChI is InChI=1S/C26H17Cl4NO7S2/c1-37-26(32)20-4-2-3-5-24(20)38-25-15-22(30)21(29)14-23(25)31(39(33,34)18-10-6-16(27)7-11-18)40(35,36)19-12-8-17(28)9-13-19/h2-15H,1H3. The molecule has 0 amide bonds. The monoisotopic (exact) mass is 659 g/mol. The lowest BCUT2D eigenvalue weighted by Gasteiger charge is -2.26. The van der Waals surface area contributed by atoms with Crippen LogP contribution < -0.4 is 8.45 Å². The zero-order valence-corrected chi connectivity index (χ0v) is 24.9. The minimum Gasteiger partial charge on any atom is -0.465 e. The normalized spacial score (nSPS) is 11.6. The average Bonchev–Trinajstić information content (AvgIpc) is 2.91. The van der Waals surface area contributed by atoms with E-state index in [-0.39, 0.29) is 40.9 Å². The number of sulfonamides is 2. The minimum absolute atomic E-state index is 0.0188. The van der Waals surface area contributed by atoms with Crippen LogP contribution >= 0.6 is 46.4 Å². The SMILES string of the molecule is COC(=O)c1ccccc1Oc1cc(Cl)c(Cl)cc1N(S(=O)(=O)c1ccc(Cl)cc1)S(=O)(=O)c1ccc(Cl)cc1. The molecule has 0 aliphatic carbocycles. The summed E-state index contributed by atoms with van der Waals surface area (Å²) in [5.74, 6) is -1.17. The van der Waals surface area contributed by atoms with Gasteiger partial charge < -0.3 is 9.47 Å². The molecule has 0 atom stereocenters. The second-order valence-electron chi connectivity index (χ2n) is 7.94. The van der Waals surface area contributed by atoms with E-state index in [9.17, 15) is 21.6 Å². The number of para-hydroxylation sites is 1. The van der Waals surface area contributed by atoms with Crippen LogP contribution in [0.3, 0.4) is 0 Å². The van der Waals surface area contributed by atoms with E-state index in [0.29, 0.717) is 0 Å². The van der Waals surface area contributed by atoms with Gasteiger partial charge in [-0.2, -0.15) is 3.71 Å². The molecule has 0 fully saturated rings. The lowest BCUT2D eigenvalue weighted by atomic mass is 10.2. The van der Waals surface area contributed by atoms with Gasteiger partial charge in [0.2, 0.25) is 0 Å². The maximum atomic E-state index is 14.0. The molecule has 14 heteroatoms. The van der Waals surface area contributed by atoms with Gasteiger partial charge in [0.05, 0.1) is 26.9 Å². The molecule has 0 aromatic heterocycles. The Bertz CT molecular complexity index is 1720. The van der Waals surface area contributed by atoms with Gasteiger partial charge in [0.15, 0.2) is 5.75 Å². The Balaban J connectivity index is 2.02. The minimum atomic E-state index is -4.88. The molecule has 0 N–H and O–H groups in total. The van der Waals surface area contributed by atoms with Crippen molar-refractivity contribution in [1.82, 2.24) is 0 Å². The number of carbonyl (C=O) groups excluding carboxylic acids is 1. The molecule has 4 rings (SSSR count). The van der Waals surface area contributed by atoms with Crippen molar-refractivity contribution in [3.05, 3.63) is 111 Å². The Hall–Kier alpha value is -2.99. The highest BCUT2D eigenvalue weighted by molar-refractivity contribution is 8.10. The summed E-state index contributed by atoms with van der Waals surface area (Å²) in [6, 6.07) is 17.8. The summed E-state index contributed by atoms with van der Waals surface area (Å²) >= 11 is 24.4. The van der Waals surface area contributed by atoms with Crippen LogP contribution in [0.2, 0.25) is 20.1 Å². The van der Waals surface area contributed by atoms with Crippen molar-refractivity contribution in [2.75, 3.05) is 10.8 Å². The van der Waals surface area contributed by atoms with Crippen LogP contribution in [0.1, 0.15) is 10.4 Å². The molecule has 8 nitrogen and oxygen atoms in total. The van der Waals surface area contributed by atoms with Gasteiger partial charge in [0.25, 0.3) is 20.0 Å². The first-order valence-corrected chi connectivity index (χ1v) is 15.4. The summed E-state index contributed by atoms with van der Waals surface area (Å²) in [6.07, 6.45) is 0. The van der Waals surface area contributed by atoms with Crippen molar-refractivity contribution in [2.24, 2.45) is 0 Å². The second kappa shape index (κ2) is 11.9. The van der Waals surface area contributed by atoms with Crippen LogP contribution in [0.25, 0.3) is 0 Å². The highest BCUT2D eigenvalue weighted by Crippen LogP contribution is 2.44. The molecule has 0 radical (unpaired) electrons. The molecule has 4 aromatic carbocycles. The maximum absolute atomic E-state index is 14.0. The number of rotatable bonds is 8. The first kappa shape index (κ1) is 30.0. The van der Waals surface area contributed by atoms with E-state index < -0.39 is 41.5 Å². The van der Waals surface area contributed by atoms with E-state index in [1.165, 1.54) is 43.5 Å². The number of ether oxygens (including phenoxy) is 2. The number of hydrogen-bond acceptors (Lipinski definition) is 7. The number of carbonyl (C=O) groups is 1. The predicted octanol–water partition coefficient (Wildman–Crippen LogP) is 7.46. The van der Waals surface area contributed by atoms with Crippen LogP contribution in [0, 0.1) is 0 Å². The molecular weight excluding hydrogens is 644 g/mol. The highest BCUT2D eigenvalue weighted by Gasteiger charge is 2.39. The third-order valence-electron chi connectivity index (χ3n) is 5.37. The third kappa shape index (κ3) is 6.02. The molecule has 0 unspecified atom stereocenters. The summed E-state index contributed by atoms with van der Waals surface area (Å²) in [5, 5.41) is 0.199. The van der Waals surface area contributed by atoms with Gasteiger partial charge in [-0.1, -0.05) is 58.5 Å². The fourth-order valence-corrected chi connectivity index (χ4v) is 7.75. The van der Waals surface area contributed by atoms with Crippen molar-refractivity contribution in [3.63, 3.8) is 0 Å². The average molecular weight is 661 g/mol. The zero-order valence-electron chi connectivity index (χ0n) is 20.2. The number of halogens is 4. The van der Waals surface area contributed by atoms with Crippen LogP contribution in [-0.4, -0.2) is 29.9 Å². The summed E-state index contributed by atoms with van der Waals surface area (Å²) < 4.78 is 67.0. The molecule has 208 valence electrons. The van der Waals surface area contributed by atoms with Gasteiger partial charge in [-0.25, -0.2) is 21.6 Å². The molecule has 0 bridgehead atoms. The topological polar surface area (TPSA) is 107 Å². The van der Waals surface area contributed by atoms with Crippen LogP contribution in [0.5, 0.6) is 11.5 Å². The molecular formula is C26H17Cl4NO7S2. The van der Waals surface area contributed by atoms with Crippen molar-refractivity contribution >= 4 is 78.1 Å². The largest absolute Gasteiger partial charge is 0.465 e. The lowest BCUT2D eigenvalue weighted by molar-refractivity contribution is 0.0598. The Kier molecular flexibility index (Phi) is 8.89. The van der Waals surface area contributed by atoms with Crippen molar-refractivity contribution in [3.8, 4) is 11.5 Å². The van der Waals surface area contributed by atoms with Gasteiger partial charge in [-0.15, -0.1) is 0 Å². The van der Waals surface area contributed by atoms with Crippen LogP contribution in [0.4, 0.5) is 5.69 Å². The molecule has 0 aliphatic rings. The number of esters is 1. The van der Waals surface area contributed by atoms with E-state index in [0.717, 1.165) is 36.4 Å². The molecule has 0 aliphatic heterocycles. The highest BCUT2D eigenvalue weighted by atomic mass is 35.5. The van der Waals surface area contributed by atoms with Crippen LogP contribution in [-0.2, 0) is 24.8 Å². The third-order valence-corrected chi connectivity index (χ3v) is 10.8. The van der Waals surface area contributed by atoms with Gasteiger partial charge in [-0.3, -0.25) is 0 Å². The first-order valence-electron chi connectivity index (χ1n) is 11.0. The lowest BCUT2D eigenvalue weighted by Crippen LogP contribution is -2.37. The van der Waals surface area contributed by atoms with E-state index in [4.69, 9.17) is 55.9 Å². The van der Waals surface area contributed by atoms with Crippen molar-refractivity contribution < 1.29 is 31.1 Å². The van der Waals surface area contributed by atoms with Gasteiger partial charge in [-0.05, 0) is 66.7 Å². The van der Waals surface area contributed by atoms with E-state index in [1.807, 2.05) is 0 Å². The zero-order chi connectivity index (χ0) is 29.2. The summed E-state index contributed by atoms with van der Waals surface area (Å²) in [7, 11) is -8.59. The molecule has 0 heterocycles. The fourth-order valence-electron chi connectivity index (χ4n) is 3.49. The maximum Gasteiger partial charge on any atom is 0.341 e. The van der Waals surface area contributed by atoms with Crippen LogP contribution in [0.15, 0.2) is 94.7 Å². The molecule has 40 heavy (non-hydrogen) atoms. The quantitative estimate of drug-likeness (QED) is 0.181. The van der Waals surface area contributed by atoms with E-state index in [2.05, 4.69) is 0 Å². The number of hydrogen-bond donors (Lipinski definition) is 0. The van der Waals surface area contributed by atoms with Crippen molar-refractivity contribution in [2.45, 2.75) is 9.79 Å². The molecule has 0 saturated carbocycles. The van der Waals surface area contributed by atoms with Crippen molar-refractivity contribution in [1.29, 1.82) is 0 Å². The molecule has 4 aromatic rings. The molecule has 0 saturated heterocycles. The Morgan fingerprint density at radius 3 is 1.65 bits per heavy atom. The predicted molar refractivity (Wildman–Crippen MR) is 154 cm³/mol. The van der Waals surface area contributed by atoms with Gasteiger partial charge in [0.1, 0.15) is 17.0 Å². The summed E-state index contributed by atoms with van der Waals surface area (Å²) in [4.78, 5) is 11.5. The van der Waals surface area contributed by atoms with E-state index in [1.54, 1.807) is 12.1 Å². The number of benzene rings is 4. The first-order chi connectivity index (χ1) is 18.9. The van der Waals surface area contributed by atoms with Gasteiger partial charge in [0, 0.05) is 16.1 Å².